The van der Waals surface area contributed by atoms with Crippen LogP contribution in [-0.2, 0) is 0 Å². The third-order valence-electron chi connectivity index (χ3n) is 1.80. The molecule has 0 aliphatic heterocycles. The lowest BCUT2D eigenvalue weighted by molar-refractivity contribution is -0.198. The Bertz CT molecular complexity index is 365. The first-order valence-electron chi connectivity index (χ1n) is 4.24. The SMILES string of the molecule is OC(CNc1ccc(F)c(F)c1)C(F)(F)F. The van der Waals surface area contributed by atoms with E-state index in [0.717, 1.165) is 12.1 Å². The van der Waals surface area contributed by atoms with Gasteiger partial charge < -0.3 is 10.4 Å². The maximum atomic E-state index is 12.6. The molecule has 90 valence electrons. The van der Waals surface area contributed by atoms with Gasteiger partial charge in [0.1, 0.15) is 0 Å². The van der Waals surface area contributed by atoms with Gasteiger partial charge in [-0.15, -0.1) is 0 Å². The quantitative estimate of drug-likeness (QED) is 0.796. The molecule has 0 spiro atoms. The van der Waals surface area contributed by atoms with Crippen LogP contribution in [0.25, 0.3) is 0 Å². The van der Waals surface area contributed by atoms with Gasteiger partial charge in [-0.1, -0.05) is 0 Å². The predicted molar refractivity (Wildman–Crippen MR) is 46.9 cm³/mol. The van der Waals surface area contributed by atoms with E-state index in [4.69, 9.17) is 5.11 Å². The van der Waals surface area contributed by atoms with Crippen molar-refractivity contribution in [3.63, 3.8) is 0 Å². The van der Waals surface area contributed by atoms with Gasteiger partial charge in [0.15, 0.2) is 17.7 Å². The minimum absolute atomic E-state index is 0.0396. The van der Waals surface area contributed by atoms with E-state index in [1.54, 1.807) is 0 Å². The molecule has 1 aromatic carbocycles. The zero-order valence-corrected chi connectivity index (χ0v) is 7.85. The standard InChI is InChI=1S/C9H8F5NO/c10-6-2-1-5(3-7(6)11)15-4-8(16)9(12,13)14/h1-3,8,15-16H,4H2. The number of nitrogens with one attached hydrogen (secondary N) is 1. The number of alkyl halides is 3. The van der Waals surface area contributed by atoms with E-state index in [0.29, 0.717) is 6.07 Å². The average molecular weight is 241 g/mol. The molecule has 7 heteroatoms. The Morgan fingerprint density at radius 2 is 1.81 bits per heavy atom. The maximum Gasteiger partial charge on any atom is 0.416 e. The van der Waals surface area contributed by atoms with Crippen molar-refractivity contribution in [2.75, 3.05) is 11.9 Å². The van der Waals surface area contributed by atoms with E-state index in [1.165, 1.54) is 0 Å². The molecule has 0 fully saturated rings. The number of anilines is 1. The molecule has 16 heavy (non-hydrogen) atoms. The lowest BCUT2D eigenvalue weighted by atomic mass is 10.2. The number of aliphatic hydroxyl groups excluding tert-OH is 1. The monoisotopic (exact) mass is 241 g/mol. The number of benzene rings is 1. The molecule has 1 unspecified atom stereocenters. The molecule has 0 aliphatic rings. The number of aliphatic hydroxyl groups is 1. The van der Waals surface area contributed by atoms with Gasteiger partial charge in [0, 0.05) is 18.3 Å². The topological polar surface area (TPSA) is 32.3 Å². The molecule has 0 aromatic heterocycles. The Balaban J connectivity index is 2.58. The highest BCUT2D eigenvalue weighted by atomic mass is 19.4. The largest absolute Gasteiger partial charge is 0.416 e. The van der Waals surface area contributed by atoms with Crippen LogP contribution in [0, 0.1) is 11.6 Å². The molecular formula is C9H8F5NO. The smallest absolute Gasteiger partial charge is 0.382 e. The van der Waals surface area contributed by atoms with Crippen molar-refractivity contribution in [1.29, 1.82) is 0 Å². The fraction of sp³-hybridized carbons (Fsp3) is 0.333. The second kappa shape index (κ2) is 4.65. The van der Waals surface area contributed by atoms with Gasteiger partial charge in [0.05, 0.1) is 0 Å². The van der Waals surface area contributed by atoms with Crippen molar-refractivity contribution in [3.8, 4) is 0 Å². The normalized spacial score (nSPS) is 13.6. The van der Waals surface area contributed by atoms with E-state index < -0.39 is 30.5 Å². The van der Waals surface area contributed by atoms with Crippen molar-refractivity contribution in [3.05, 3.63) is 29.8 Å². The molecule has 1 rings (SSSR count). The Labute approximate surface area is 87.7 Å². The summed E-state index contributed by atoms with van der Waals surface area (Å²) in [5.74, 6) is -2.27. The predicted octanol–water partition coefficient (Wildman–Crippen LogP) is 2.30. The molecule has 0 aliphatic carbocycles. The lowest BCUT2D eigenvalue weighted by Gasteiger charge is -2.15. The van der Waals surface area contributed by atoms with E-state index in [9.17, 15) is 22.0 Å². The Hall–Kier alpha value is -1.37. The molecule has 0 bridgehead atoms. The van der Waals surface area contributed by atoms with E-state index >= 15 is 0 Å². The molecule has 2 N–H and O–H groups in total. The highest BCUT2D eigenvalue weighted by molar-refractivity contribution is 5.43. The molecule has 0 heterocycles. The first-order valence-corrected chi connectivity index (χ1v) is 4.24. The lowest BCUT2D eigenvalue weighted by Crippen LogP contribution is -2.35. The van der Waals surface area contributed by atoms with Crippen LogP contribution in [0.5, 0.6) is 0 Å². The van der Waals surface area contributed by atoms with Crippen molar-refractivity contribution >= 4 is 5.69 Å². The summed E-state index contributed by atoms with van der Waals surface area (Å²) in [5.41, 5.74) is -0.0396. The molecule has 0 radical (unpaired) electrons. The summed E-state index contributed by atoms with van der Waals surface area (Å²) in [6, 6.07) is 2.55. The zero-order valence-electron chi connectivity index (χ0n) is 7.85. The van der Waals surface area contributed by atoms with Crippen LogP contribution in [0.2, 0.25) is 0 Å². The molecule has 0 saturated carbocycles. The zero-order chi connectivity index (χ0) is 12.3. The summed E-state index contributed by atoms with van der Waals surface area (Å²) >= 11 is 0. The molecule has 1 aromatic rings. The fourth-order valence-electron chi connectivity index (χ4n) is 0.936. The number of halogens is 5. The van der Waals surface area contributed by atoms with Crippen LogP contribution in [0.1, 0.15) is 0 Å². The minimum atomic E-state index is -4.74. The highest BCUT2D eigenvalue weighted by Gasteiger charge is 2.37. The van der Waals surface area contributed by atoms with Crippen LogP contribution >= 0.6 is 0 Å². The first-order chi connectivity index (χ1) is 7.30. The van der Waals surface area contributed by atoms with Crippen molar-refractivity contribution in [2.24, 2.45) is 0 Å². The van der Waals surface area contributed by atoms with Gasteiger partial charge in [-0.25, -0.2) is 8.78 Å². The highest BCUT2D eigenvalue weighted by Crippen LogP contribution is 2.20. The van der Waals surface area contributed by atoms with Crippen LogP contribution in [-0.4, -0.2) is 23.9 Å². The third-order valence-corrected chi connectivity index (χ3v) is 1.80. The van der Waals surface area contributed by atoms with Crippen LogP contribution in [0.3, 0.4) is 0 Å². The Morgan fingerprint density at radius 1 is 1.19 bits per heavy atom. The van der Waals surface area contributed by atoms with Crippen LogP contribution in [0.4, 0.5) is 27.6 Å². The van der Waals surface area contributed by atoms with Gasteiger partial charge in [0.2, 0.25) is 0 Å². The van der Waals surface area contributed by atoms with E-state index in [1.807, 2.05) is 0 Å². The number of hydrogen-bond acceptors (Lipinski definition) is 2. The minimum Gasteiger partial charge on any atom is -0.382 e. The van der Waals surface area contributed by atoms with Gasteiger partial charge in [-0.3, -0.25) is 0 Å². The summed E-state index contributed by atoms with van der Waals surface area (Å²) in [7, 11) is 0. The summed E-state index contributed by atoms with van der Waals surface area (Å²) in [6.07, 6.45) is -7.30. The Morgan fingerprint density at radius 3 is 2.31 bits per heavy atom. The van der Waals surface area contributed by atoms with E-state index in [-0.39, 0.29) is 5.69 Å². The number of hydrogen-bond donors (Lipinski definition) is 2. The average Bonchev–Trinajstić information content (AvgIpc) is 2.18. The fourth-order valence-corrected chi connectivity index (χ4v) is 0.936. The summed E-state index contributed by atoms with van der Waals surface area (Å²) < 4.78 is 60.7. The maximum absolute atomic E-state index is 12.6. The number of rotatable bonds is 3. The van der Waals surface area contributed by atoms with Crippen molar-refractivity contribution in [2.45, 2.75) is 12.3 Å². The van der Waals surface area contributed by atoms with E-state index in [2.05, 4.69) is 5.32 Å². The van der Waals surface area contributed by atoms with Crippen LogP contribution in [0.15, 0.2) is 18.2 Å². The van der Waals surface area contributed by atoms with Gasteiger partial charge in [-0.2, -0.15) is 13.2 Å². The molecule has 2 nitrogen and oxygen atoms in total. The molecule has 0 amide bonds. The summed E-state index contributed by atoms with van der Waals surface area (Å²) in [5, 5.41) is 10.8. The van der Waals surface area contributed by atoms with Crippen molar-refractivity contribution in [1.82, 2.24) is 0 Å². The van der Waals surface area contributed by atoms with Crippen LogP contribution < -0.4 is 5.32 Å². The second-order valence-electron chi connectivity index (χ2n) is 3.07. The summed E-state index contributed by atoms with van der Waals surface area (Å²) in [4.78, 5) is 0. The summed E-state index contributed by atoms with van der Waals surface area (Å²) in [6.45, 7) is -0.825. The van der Waals surface area contributed by atoms with Crippen molar-refractivity contribution < 1.29 is 27.1 Å². The van der Waals surface area contributed by atoms with Gasteiger partial charge >= 0.3 is 6.18 Å². The second-order valence-corrected chi connectivity index (χ2v) is 3.07. The first kappa shape index (κ1) is 12.7. The molecular weight excluding hydrogens is 233 g/mol. The van der Waals surface area contributed by atoms with Gasteiger partial charge in [0.25, 0.3) is 0 Å². The third kappa shape index (κ3) is 3.34. The molecule has 1 atom stereocenters. The van der Waals surface area contributed by atoms with Gasteiger partial charge in [-0.05, 0) is 12.1 Å². The molecule has 0 saturated heterocycles. The Kier molecular flexibility index (Phi) is 3.69.